The highest BCUT2D eigenvalue weighted by Crippen LogP contribution is 2.13. The van der Waals surface area contributed by atoms with Crippen LogP contribution in [0.1, 0.15) is 22.3 Å². The first kappa shape index (κ1) is 12.5. The van der Waals surface area contributed by atoms with Crippen molar-refractivity contribution in [2.45, 2.75) is 27.7 Å². The van der Waals surface area contributed by atoms with Crippen LogP contribution in [-0.2, 0) is 0 Å². The van der Waals surface area contributed by atoms with Gasteiger partial charge < -0.3 is 0 Å². The van der Waals surface area contributed by atoms with E-state index in [1.54, 1.807) is 0 Å². The molecule has 0 aromatic heterocycles. The normalized spacial score (nSPS) is 9.25. The quantitative estimate of drug-likeness (QED) is 0.598. The molecular formula is C16H20. The maximum absolute atomic E-state index is 2.24. The van der Waals surface area contributed by atoms with E-state index in [1.807, 2.05) is 36.4 Å². The molecule has 0 atom stereocenters. The lowest BCUT2D eigenvalue weighted by molar-refractivity contribution is 1.24. The van der Waals surface area contributed by atoms with Gasteiger partial charge in [-0.05, 0) is 49.9 Å². The number of rotatable bonds is 0. The highest BCUT2D eigenvalue weighted by Gasteiger charge is 1.95. The Morgan fingerprint density at radius 1 is 0.438 bits per heavy atom. The zero-order chi connectivity index (χ0) is 12.0. The summed E-state index contributed by atoms with van der Waals surface area (Å²) in [4.78, 5) is 0. The van der Waals surface area contributed by atoms with E-state index in [4.69, 9.17) is 0 Å². The number of benzene rings is 2. The van der Waals surface area contributed by atoms with Crippen molar-refractivity contribution in [1.29, 1.82) is 0 Å². The molecule has 0 heterocycles. The van der Waals surface area contributed by atoms with Gasteiger partial charge in [0, 0.05) is 0 Å². The van der Waals surface area contributed by atoms with Gasteiger partial charge >= 0.3 is 0 Å². The minimum absolute atomic E-state index is 1.39. The SMILES string of the molecule is Cc1cc(C)c(C)cc1C.c1ccccc1. The van der Waals surface area contributed by atoms with Crippen molar-refractivity contribution in [3.63, 3.8) is 0 Å². The van der Waals surface area contributed by atoms with E-state index in [-0.39, 0.29) is 0 Å². The van der Waals surface area contributed by atoms with Gasteiger partial charge in [-0.3, -0.25) is 0 Å². The molecule has 0 N–H and O–H groups in total. The van der Waals surface area contributed by atoms with E-state index in [2.05, 4.69) is 39.8 Å². The van der Waals surface area contributed by atoms with Crippen molar-refractivity contribution in [3.8, 4) is 0 Å². The highest BCUT2D eigenvalue weighted by molar-refractivity contribution is 5.35. The topological polar surface area (TPSA) is 0 Å². The van der Waals surface area contributed by atoms with Crippen molar-refractivity contribution < 1.29 is 0 Å². The fraction of sp³-hybridized carbons (Fsp3) is 0.250. The minimum Gasteiger partial charge on any atom is -0.0623 e. The molecule has 2 aromatic carbocycles. The molecule has 0 bridgehead atoms. The molecule has 0 aliphatic rings. The Morgan fingerprint density at radius 3 is 0.812 bits per heavy atom. The average Bonchev–Trinajstić information content (AvgIpc) is 2.30. The third kappa shape index (κ3) is 3.90. The van der Waals surface area contributed by atoms with Gasteiger partial charge in [-0.1, -0.05) is 48.5 Å². The molecule has 84 valence electrons. The van der Waals surface area contributed by atoms with E-state index < -0.39 is 0 Å². The van der Waals surface area contributed by atoms with Crippen LogP contribution < -0.4 is 0 Å². The van der Waals surface area contributed by atoms with Crippen LogP contribution in [-0.4, -0.2) is 0 Å². The second-order valence-electron chi connectivity index (χ2n) is 4.18. The largest absolute Gasteiger partial charge is 0.0623 e. The Bertz CT molecular complexity index is 350. The molecule has 0 heteroatoms. The zero-order valence-corrected chi connectivity index (χ0v) is 10.6. The van der Waals surface area contributed by atoms with Crippen molar-refractivity contribution in [1.82, 2.24) is 0 Å². The lowest BCUT2D eigenvalue weighted by Gasteiger charge is -2.04. The Morgan fingerprint density at radius 2 is 0.625 bits per heavy atom. The fourth-order valence-corrected chi connectivity index (χ4v) is 1.49. The zero-order valence-electron chi connectivity index (χ0n) is 10.6. The van der Waals surface area contributed by atoms with E-state index in [9.17, 15) is 0 Å². The summed E-state index contributed by atoms with van der Waals surface area (Å²) in [7, 11) is 0. The summed E-state index contributed by atoms with van der Waals surface area (Å²) >= 11 is 0. The minimum atomic E-state index is 1.39. The van der Waals surface area contributed by atoms with E-state index in [0.29, 0.717) is 0 Å². The van der Waals surface area contributed by atoms with Crippen molar-refractivity contribution >= 4 is 0 Å². The van der Waals surface area contributed by atoms with Crippen LogP contribution >= 0.6 is 0 Å². The van der Waals surface area contributed by atoms with E-state index in [0.717, 1.165) is 0 Å². The van der Waals surface area contributed by atoms with E-state index >= 15 is 0 Å². The van der Waals surface area contributed by atoms with Gasteiger partial charge in [0.25, 0.3) is 0 Å². The molecular weight excluding hydrogens is 192 g/mol. The molecule has 16 heavy (non-hydrogen) atoms. The summed E-state index contributed by atoms with van der Waals surface area (Å²) in [5.74, 6) is 0. The lowest BCUT2D eigenvalue weighted by atomic mass is 10.0. The van der Waals surface area contributed by atoms with Crippen LogP contribution in [0.3, 0.4) is 0 Å². The first-order valence-electron chi connectivity index (χ1n) is 5.65. The highest BCUT2D eigenvalue weighted by atomic mass is 14.0. The van der Waals surface area contributed by atoms with Crippen molar-refractivity contribution in [3.05, 3.63) is 70.8 Å². The van der Waals surface area contributed by atoms with Gasteiger partial charge in [-0.25, -0.2) is 0 Å². The summed E-state index contributed by atoms with van der Waals surface area (Å²) in [5.41, 5.74) is 5.57. The molecule has 0 nitrogen and oxygen atoms in total. The van der Waals surface area contributed by atoms with Gasteiger partial charge in [-0.2, -0.15) is 0 Å². The lowest BCUT2D eigenvalue weighted by Crippen LogP contribution is -1.86. The van der Waals surface area contributed by atoms with Crippen molar-refractivity contribution in [2.75, 3.05) is 0 Å². The maximum atomic E-state index is 2.24. The second-order valence-corrected chi connectivity index (χ2v) is 4.18. The first-order valence-corrected chi connectivity index (χ1v) is 5.65. The molecule has 2 aromatic rings. The number of aryl methyl sites for hydroxylation is 4. The monoisotopic (exact) mass is 212 g/mol. The maximum Gasteiger partial charge on any atom is -0.0395 e. The number of hydrogen-bond donors (Lipinski definition) is 0. The summed E-state index contributed by atoms with van der Waals surface area (Å²) in [6, 6.07) is 16.5. The van der Waals surface area contributed by atoms with Crippen LogP contribution in [0.25, 0.3) is 0 Å². The van der Waals surface area contributed by atoms with E-state index in [1.165, 1.54) is 22.3 Å². The molecule has 2 rings (SSSR count). The van der Waals surface area contributed by atoms with Crippen LogP contribution in [0, 0.1) is 27.7 Å². The molecule has 0 aliphatic carbocycles. The van der Waals surface area contributed by atoms with Crippen molar-refractivity contribution in [2.24, 2.45) is 0 Å². The Labute approximate surface area is 99.0 Å². The van der Waals surface area contributed by atoms with Crippen LogP contribution in [0.15, 0.2) is 48.5 Å². The van der Waals surface area contributed by atoms with Crippen LogP contribution in [0.2, 0.25) is 0 Å². The smallest absolute Gasteiger partial charge is 0.0395 e. The molecule has 0 aliphatic heterocycles. The Balaban J connectivity index is 0.000000181. The Hall–Kier alpha value is -1.56. The second kappa shape index (κ2) is 6.12. The predicted octanol–water partition coefficient (Wildman–Crippen LogP) is 4.61. The van der Waals surface area contributed by atoms with Gasteiger partial charge in [-0.15, -0.1) is 0 Å². The van der Waals surface area contributed by atoms with Gasteiger partial charge in [0.2, 0.25) is 0 Å². The van der Waals surface area contributed by atoms with Gasteiger partial charge in [0.1, 0.15) is 0 Å². The molecule has 0 saturated carbocycles. The summed E-state index contributed by atoms with van der Waals surface area (Å²) in [6.07, 6.45) is 0. The van der Waals surface area contributed by atoms with Gasteiger partial charge in [0.15, 0.2) is 0 Å². The number of hydrogen-bond acceptors (Lipinski definition) is 0. The molecule has 0 saturated heterocycles. The molecule has 0 amide bonds. The van der Waals surface area contributed by atoms with Crippen LogP contribution in [0.4, 0.5) is 0 Å². The van der Waals surface area contributed by atoms with Gasteiger partial charge in [0.05, 0.1) is 0 Å². The predicted molar refractivity (Wildman–Crippen MR) is 71.8 cm³/mol. The molecule has 0 unspecified atom stereocenters. The summed E-state index contributed by atoms with van der Waals surface area (Å²) in [6.45, 7) is 8.62. The standard InChI is InChI=1S/C10H14.C6H6/c1-7-5-9(3)10(4)6-8(7)2;1-2-4-6-5-3-1/h5-6H,1-4H3;1-6H. The third-order valence-corrected chi connectivity index (χ3v) is 2.78. The fourth-order valence-electron chi connectivity index (χ4n) is 1.49. The molecule has 0 fully saturated rings. The molecule has 0 spiro atoms. The third-order valence-electron chi connectivity index (χ3n) is 2.78. The summed E-state index contributed by atoms with van der Waals surface area (Å²) < 4.78 is 0. The first-order chi connectivity index (χ1) is 7.61. The summed E-state index contributed by atoms with van der Waals surface area (Å²) in [5, 5.41) is 0. The Kier molecular flexibility index (Phi) is 4.78. The average molecular weight is 212 g/mol. The molecule has 0 radical (unpaired) electrons. The van der Waals surface area contributed by atoms with Crippen LogP contribution in [0.5, 0.6) is 0 Å².